The molecule has 11 heteroatoms. The number of methoxy groups -OCH3 is 1. The highest BCUT2D eigenvalue weighted by molar-refractivity contribution is 5.83. The molecule has 1 fully saturated rings. The highest BCUT2D eigenvalue weighted by Gasteiger charge is 2.30. The zero-order valence-electron chi connectivity index (χ0n) is 21.1. The van der Waals surface area contributed by atoms with Crippen molar-refractivity contribution in [3.05, 3.63) is 52.7 Å². The zero-order chi connectivity index (χ0) is 26.3. The first-order chi connectivity index (χ1) is 17.7. The smallest absolute Gasteiger partial charge is 0.407 e. The summed E-state index contributed by atoms with van der Waals surface area (Å²) >= 11 is 0. The second-order valence-electron chi connectivity index (χ2n) is 8.01. The van der Waals surface area contributed by atoms with Crippen molar-refractivity contribution in [2.75, 3.05) is 12.4 Å². The number of pyridine rings is 3. The number of nitrogens with zero attached hydrogens (tertiary/aromatic N) is 6. The molecule has 1 saturated carbocycles. The molecular weight excluding hydrogens is 436 g/mol. The summed E-state index contributed by atoms with van der Waals surface area (Å²) in [6.07, 6.45) is 3.93. The van der Waals surface area contributed by atoms with Crippen LogP contribution in [0.4, 0.5) is 16.4 Å². The van der Waals surface area contributed by atoms with Gasteiger partial charge in [0.25, 0.3) is 0 Å². The molecule has 2 atom stereocenters. The number of hydrogen-bond acceptors (Lipinski definition) is 8. The van der Waals surface area contributed by atoms with Crippen LogP contribution < -0.4 is 16.3 Å². The number of aromatic nitrogens is 5. The number of fused-ring (bicyclic) bond motifs is 2. The Morgan fingerprint density at radius 2 is 2.15 bits per heavy atom. The molecular formula is C23H22N8O3. The molecule has 2 N–H and O–H groups in total. The van der Waals surface area contributed by atoms with Gasteiger partial charge in [-0.1, -0.05) is 0 Å². The number of rotatable bonds is 4. The van der Waals surface area contributed by atoms with Gasteiger partial charge >= 0.3 is 11.8 Å². The molecule has 1 aliphatic carbocycles. The van der Waals surface area contributed by atoms with E-state index in [0.29, 0.717) is 53.0 Å². The average molecular weight is 462 g/mol. The summed E-state index contributed by atoms with van der Waals surface area (Å²) in [7, 11) is 1.28. The van der Waals surface area contributed by atoms with Gasteiger partial charge in [-0.15, -0.1) is 0 Å². The summed E-state index contributed by atoms with van der Waals surface area (Å²) in [4.78, 5) is 38.0. The second kappa shape index (κ2) is 8.47. The van der Waals surface area contributed by atoms with Gasteiger partial charge < -0.3 is 15.4 Å². The SMILES string of the molecule is [2H]C([2H])([2H])n1c(=O)n([C@@H]2CC[C@@H](NC(=O)OC)C2)c2cc(Nc3ccc4nccc(C#N)c4n3)ncc21. The molecule has 11 nitrogen and oxygen atoms in total. The van der Waals surface area contributed by atoms with Gasteiger partial charge in [0, 0.05) is 35.4 Å². The van der Waals surface area contributed by atoms with Crippen molar-refractivity contribution >= 4 is 39.8 Å². The lowest BCUT2D eigenvalue weighted by molar-refractivity contribution is 0.166. The number of nitrogens with one attached hydrogen (secondary N) is 2. The van der Waals surface area contributed by atoms with Crippen LogP contribution in [0.3, 0.4) is 0 Å². The standard InChI is InChI=1S/C23H22N8O3/c1-30-18-12-26-20(28-19-6-5-16-21(29-19)13(11-24)7-8-25-16)10-17(18)31(23(30)33)15-4-3-14(9-15)27-22(32)34-2/h5-8,10,12,14-15H,3-4,9H2,1-2H3,(H,27,32)(H,26,28,29)/t14-,15-/m1/s1/i1D3. The lowest BCUT2D eigenvalue weighted by Gasteiger charge is -2.14. The topological polar surface area (TPSA) is 140 Å². The van der Waals surface area contributed by atoms with Crippen molar-refractivity contribution in [3.63, 3.8) is 0 Å². The van der Waals surface area contributed by atoms with Crippen LogP contribution in [-0.4, -0.2) is 43.3 Å². The van der Waals surface area contributed by atoms with Gasteiger partial charge in [-0.3, -0.25) is 14.1 Å². The molecule has 4 aromatic rings. The summed E-state index contributed by atoms with van der Waals surface area (Å²) in [6, 6.07) is 8.12. The van der Waals surface area contributed by atoms with Crippen molar-refractivity contribution in [2.45, 2.75) is 31.3 Å². The Morgan fingerprint density at radius 3 is 2.94 bits per heavy atom. The molecule has 0 spiro atoms. The number of amides is 1. The minimum absolute atomic E-state index is 0.169. The van der Waals surface area contributed by atoms with Crippen LogP contribution in [0, 0.1) is 11.3 Å². The van der Waals surface area contributed by atoms with Gasteiger partial charge in [0.05, 0.1) is 35.4 Å². The first-order valence-corrected chi connectivity index (χ1v) is 10.6. The molecule has 34 heavy (non-hydrogen) atoms. The van der Waals surface area contributed by atoms with E-state index in [1.54, 1.807) is 24.3 Å². The minimum Gasteiger partial charge on any atom is -0.453 e. The van der Waals surface area contributed by atoms with Gasteiger partial charge in [-0.2, -0.15) is 5.26 Å². The average Bonchev–Trinajstić information content (AvgIpc) is 3.43. The summed E-state index contributed by atoms with van der Waals surface area (Å²) in [5, 5.41) is 15.2. The van der Waals surface area contributed by atoms with Gasteiger partial charge in [0.2, 0.25) is 0 Å². The number of nitriles is 1. The molecule has 0 aromatic carbocycles. The number of ether oxygens (including phenoxy) is 1. The number of anilines is 2. The summed E-state index contributed by atoms with van der Waals surface area (Å²) in [6.45, 7) is -2.71. The lowest BCUT2D eigenvalue weighted by Crippen LogP contribution is -2.33. The molecule has 5 rings (SSSR count). The maximum absolute atomic E-state index is 13.3. The number of aryl methyl sites for hydroxylation is 1. The Bertz CT molecular complexity index is 1620. The van der Waals surface area contributed by atoms with E-state index in [-0.39, 0.29) is 17.6 Å². The van der Waals surface area contributed by atoms with E-state index in [9.17, 15) is 14.9 Å². The third-order valence-electron chi connectivity index (χ3n) is 6.00. The van der Waals surface area contributed by atoms with Crippen LogP contribution in [0.25, 0.3) is 22.1 Å². The molecule has 4 aromatic heterocycles. The van der Waals surface area contributed by atoms with E-state index >= 15 is 0 Å². The predicted molar refractivity (Wildman–Crippen MR) is 125 cm³/mol. The van der Waals surface area contributed by atoms with Gasteiger partial charge in [0.15, 0.2) is 0 Å². The van der Waals surface area contributed by atoms with E-state index in [2.05, 4.69) is 36.4 Å². The Kier molecular flexibility index (Phi) is 4.49. The van der Waals surface area contributed by atoms with Crippen LogP contribution >= 0.6 is 0 Å². The first kappa shape index (κ1) is 18.0. The predicted octanol–water partition coefficient (Wildman–Crippen LogP) is 2.74. The quantitative estimate of drug-likeness (QED) is 0.473. The first-order valence-electron chi connectivity index (χ1n) is 12.1. The summed E-state index contributed by atoms with van der Waals surface area (Å²) in [5.74, 6) is 0.733. The van der Waals surface area contributed by atoms with Crippen LogP contribution in [0.15, 0.2) is 41.5 Å². The maximum Gasteiger partial charge on any atom is 0.407 e. The van der Waals surface area contributed by atoms with E-state index in [0.717, 1.165) is 4.57 Å². The fraction of sp³-hybridized carbons (Fsp3) is 0.304. The maximum atomic E-state index is 13.3. The monoisotopic (exact) mass is 461 g/mol. The largest absolute Gasteiger partial charge is 0.453 e. The Labute approximate surface area is 198 Å². The third kappa shape index (κ3) is 3.69. The van der Waals surface area contributed by atoms with Crippen LogP contribution in [0.5, 0.6) is 0 Å². The van der Waals surface area contributed by atoms with Crippen molar-refractivity contribution in [1.29, 1.82) is 5.26 Å². The van der Waals surface area contributed by atoms with E-state index in [1.807, 2.05) is 0 Å². The fourth-order valence-electron chi connectivity index (χ4n) is 4.40. The Balaban J connectivity index is 1.55. The summed E-state index contributed by atoms with van der Waals surface area (Å²) < 4.78 is 30.6. The number of alkyl carbamates (subject to hydrolysis) is 1. The normalized spacial score (nSPS) is 19.2. The van der Waals surface area contributed by atoms with Crippen molar-refractivity contribution in [1.82, 2.24) is 29.4 Å². The van der Waals surface area contributed by atoms with Gasteiger partial charge in [-0.05, 0) is 37.5 Å². The fourth-order valence-corrected chi connectivity index (χ4v) is 4.40. The molecule has 0 unspecified atom stereocenters. The van der Waals surface area contributed by atoms with Crippen molar-refractivity contribution < 1.29 is 13.6 Å². The molecule has 0 bridgehead atoms. The van der Waals surface area contributed by atoms with Gasteiger partial charge in [-0.25, -0.2) is 19.6 Å². The molecule has 1 amide bonds. The molecule has 4 heterocycles. The zero-order valence-corrected chi connectivity index (χ0v) is 18.1. The summed E-state index contributed by atoms with van der Waals surface area (Å²) in [5.41, 5.74) is 1.25. The van der Waals surface area contributed by atoms with Gasteiger partial charge in [0.1, 0.15) is 23.2 Å². The number of imidazole rings is 1. The number of carbonyl (C=O) groups is 1. The molecule has 172 valence electrons. The minimum atomic E-state index is -2.71. The number of carbonyl (C=O) groups excluding carboxylic acids is 1. The van der Waals surface area contributed by atoms with Crippen molar-refractivity contribution in [2.24, 2.45) is 6.98 Å². The second-order valence-corrected chi connectivity index (χ2v) is 8.01. The highest BCUT2D eigenvalue weighted by atomic mass is 16.5. The molecule has 0 radical (unpaired) electrons. The van der Waals surface area contributed by atoms with E-state index < -0.39 is 18.8 Å². The molecule has 1 aliphatic rings. The molecule has 0 saturated heterocycles. The van der Waals surface area contributed by atoms with Crippen molar-refractivity contribution in [3.8, 4) is 6.07 Å². The lowest BCUT2D eigenvalue weighted by atomic mass is 10.2. The van der Waals surface area contributed by atoms with E-state index in [1.165, 1.54) is 24.1 Å². The highest BCUT2D eigenvalue weighted by Crippen LogP contribution is 2.32. The van der Waals surface area contributed by atoms with E-state index in [4.69, 9.17) is 4.11 Å². The molecule has 0 aliphatic heterocycles. The Morgan fingerprint density at radius 1 is 1.26 bits per heavy atom. The van der Waals surface area contributed by atoms with Crippen LogP contribution in [-0.2, 0) is 11.7 Å². The van der Waals surface area contributed by atoms with Crippen LogP contribution in [0.2, 0.25) is 0 Å². The van der Waals surface area contributed by atoms with Crippen LogP contribution in [0.1, 0.15) is 35.0 Å². The third-order valence-corrected chi connectivity index (χ3v) is 6.00. The number of hydrogen-bond donors (Lipinski definition) is 2. The Hall–Kier alpha value is -4.46.